The molecule has 24 rings (SSSR count). The highest BCUT2D eigenvalue weighted by Gasteiger charge is 2.49. The summed E-state index contributed by atoms with van der Waals surface area (Å²) in [7, 11) is 0. The number of anilines is 6. The number of aromatic nitrogens is 3. The number of ether oxygens (including phenoxy) is 2. The SMILES string of the molecule is c1ccc(-c2cccc3c2N2c4cc(-n5c6ccccc6c6ccccc65)cc5c4B(c4cc(-n6c7ccccc7c7ccccc76)cc(c42)-c2ccccc2Oc2ccccc2-3)c2cc(-n3c4ccccc4c4ccccc43)cc3c2N5c2c(-c4ccccc4)cccc2-c2ccccc2Oc2ccccc2-3)cc1. The zero-order valence-corrected chi connectivity index (χ0v) is 59.4. The van der Waals surface area contributed by atoms with Gasteiger partial charge in [0, 0.05) is 122 Å². The summed E-state index contributed by atoms with van der Waals surface area (Å²) in [6.45, 7) is -0.505. The summed E-state index contributed by atoms with van der Waals surface area (Å²) in [6, 6.07) is 140. The van der Waals surface area contributed by atoms with Gasteiger partial charge in [-0.05, 0) is 125 Å². The van der Waals surface area contributed by atoms with Gasteiger partial charge in [-0.3, -0.25) is 0 Å². The highest BCUT2D eigenvalue weighted by molar-refractivity contribution is 7.00. The van der Waals surface area contributed by atoms with E-state index in [2.05, 4.69) is 400 Å². The van der Waals surface area contributed by atoms with E-state index in [-0.39, 0.29) is 0 Å². The van der Waals surface area contributed by atoms with Crippen molar-refractivity contribution in [3.63, 3.8) is 0 Å². The Morgan fingerprint density at radius 2 is 0.464 bits per heavy atom. The van der Waals surface area contributed by atoms with Gasteiger partial charge in [-0.2, -0.15) is 0 Å². The molecule has 0 amide bonds. The van der Waals surface area contributed by atoms with Gasteiger partial charge in [0.05, 0.1) is 50.2 Å². The first-order chi connectivity index (χ1) is 54.6. The zero-order chi connectivity index (χ0) is 71.8. The maximum Gasteiger partial charge on any atom is 0.252 e. The first-order valence-electron chi connectivity index (χ1n) is 37.8. The summed E-state index contributed by atoms with van der Waals surface area (Å²) in [5.41, 5.74) is 31.6. The Kier molecular flexibility index (Phi) is 12.9. The molecular weight excluding hydrogens is 1340 g/mol. The third kappa shape index (κ3) is 8.66. The quantitative estimate of drug-likeness (QED) is 0.161. The summed E-state index contributed by atoms with van der Waals surface area (Å²) in [6.07, 6.45) is 0. The monoisotopic (exact) mass is 1400 g/mol. The number of hydrogen-bond donors (Lipinski definition) is 0. The molecule has 510 valence electrons. The minimum Gasteiger partial charge on any atom is -0.456 e. The molecule has 0 aliphatic carbocycles. The van der Waals surface area contributed by atoms with Crippen LogP contribution in [0.1, 0.15) is 0 Å². The van der Waals surface area contributed by atoms with Crippen molar-refractivity contribution in [2.45, 2.75) is 0 Å². The predicted molar refractivity (Wildman–Crippen MR) is 456 cm³/mol. The van der Waals surface area contributed by atoms with Crippen molar-refractivity contribution in [2.24, 2.45) is 0 Å². The van der Waals surface area contributed by atoms with Gasteiger partial charge in [-0.1, -0.05) is 279 Å². The van der Waals surface area contributed by atoms with E-state index in [4.69, 9.17) is 9.47 Å². The van der Waals surface area contributed by atoms with E-state index in [0.29, 0.717) is 0 Å². The van der Waals surface area contributed by atoms with Crippen molar-refractivity contribution in [3.8, 4) is 107 Å². The topological polar surface area (TPSA) is 39.7 Å². The van der Waals surface area contributed by atoms with Crippen LogP contribution in [0.15, 0.2) is 376 Å². The number of rotatable bonds is 5. The highest BCUT2D eigenvalue weighted by atomic mass is 16.5. The van der Waals surface area contributed by atoms with Crippen LogP contribution in [0.25, 0.3) is 149 Å². The Bertz CT molecular complexity index is 6800. The summed E-state index contributed by atoms with van der Waals surface area (Å²) < 4.78 is 22.9. The molecule has 0 bridgehead atoms. The molecule has 20 aromatic rings. The molecule has 4 aliphatic rings. The van der Waals surface area contributed by atoms with Gasteiger partial charge in [-0.25, -0.2) is 0 Å². The van der Waals surface area contributed by atoms with Gasteiger partial charge in [0.15, 0.2) is 0 Å². The molecule has 7 nitrogen and oxygen atoms in total. The van der Waals surface area contributed by atoms with Crippen LogP contribution >= 0.6 is 0 Å². The largest absolute Gasteiger partial charge is 0.456 e. The van der Waals surface area contributed by atoms with Crippen LogP contribution in [-0.4, -0.2) is 20.4 Å². The fourth-order valence-corrected chi connectivity index (χ4v) is 19.1. The van der Waals surface area contributed by atoms with E-state index in [9.17, 15) is 0 Å². The molecule has 0 radical (unpaired) electrons. The van der Waals surface area contributed by atoms with Crippen molar-refractivity contribution in [3.05, 3.63) is 376 Å². The van der Waals surface area contributed by atoms with E-state index in [0.717, 1.165) is 190 Å². The van der Waals surface area contributed by atoms with Crippen molar-refractivity contribution in [1.82, 2.24) is 13.7 Å². The van der Waals surface area contributed by atoms with Gasteiger partial charge in [0.2, 0.25) is 0 Å². The third-order valence-corrected chi connectivity index (χ3v) is 23.6. The van der Waals surface area contributed by atoms with Gasteiger partial charge < -0.3 is 33.0 Å². The molecule has 0 fully saturated rings. The second-order valence-corrected chi connectivity index (χ2v) is 29.3. The number of fused-ring (bicyclic) bond motifs is 25. The van der Waals surface area contributed by atoms with Crippen molar-refractivity contribution in [2.75, 3.05) is 9.80 Å². The molecule has 0 saturated heterocycles. The molecular formula is C102H62BN5O2. The van der Waals surface area contributed by atoms with E-state index < -0.39 is 6.71 Å². The normalized spacial score (nSPS) is 12.8. The van der Waals surface area contributed by atoms with Crippen LogP contribution in [0.4, 0.5) is 34.1 Å². The molecule has 17 aromatic carbocycles. The molecule has 0 atom stereocenters. The molecule has 0 N–H and O–H groups in total. The fourth-order valence-electron chi connectivity index (χ4n) is 19.1. The standard InChI is InChI=1S/C102H62BN5O2/c1-3-29-63(30-4-1)68-43-27-45-80-76-39-13-23-53-94(76)109-96-55-25-15-41-78(96)82-57-65(104-86-47-17-7-33-70(86)71-34-8-18-48-87(71)104)59-84-101(82)107(99(68)80)92-61-67(106-90-51-21-11-37-74(90)75-38-12-22-52-91(75)106)62-93-98(92)103(84)85-60-66(105-88-49-19-9-35-72(88)73-36-10-20-50-89(73)105)58-83-79-42-16-26-56-97(79)110-95-54-24-14-40-77(95)81-46-28-44-69(64-31-5-2-6-32-64)100(81)108(93)102(83)85/h1-62H. The Hall–Kier alpha value is -14.6. The van der Waals surface area contributed by atoms with Crippen LogP contribution in [0, 0.1) is 0 Å². The van der Waals surface area contributed by atoms with Crippen LogP contribution in [0.5, 0.6) is 23.0 Å². The van der Waals surface area contributed by atoms with E-state index >= 15 is 0 Å². The molecule has 7 heterocycles. The minimum absolute atomic E-state index is 0.505. The van der Waals surface area contributed by atoms with Crippen molar-refractivity contribution in [1.29, 1.82) is 0 Å². The first-order valence-corrected chi connectivity index (χ1v) is 37.8. The molecule has 4 aliphatic heterocycles. The lowest BCUT2D eigenvalue weighted by molar-refractivity contribution is 0.486. The van der Waals surface area contributed by atoms with Gasteiger partial charge in [0.1, 0.15) is 23.0 Å². The Balaban J connectivity index is 0.970. The summed E-state index contributed by atoms with van der Waals surface area (Å²) in [5.74, 6) is 3.01. The smallest absolute Gasteiger partial charge is 0.252 e. The first kappa shape index (κ1) is 60.6. The molecule has 0 unspecified atom stereocenters. The lowest BCUT2D eigenvalue weighted by Gasteiger charge is -2.47. The van der Waals surface area contributed by atoms with E-state index in [1.54, 1.807) is 0 Å². The van der Waals surface area contributed by atoms with E-state index in [1.807, 2.05) is 0 Å². The van der Waals surface area contributed by atoms with Crippen molar-refractivity contribution < 1.29 is 9.47 Å². The lowest BCUT2D eigenvalue weighted by Crippen LogP contribution is -2.62. The summed E-state index contributed by atoms with van der Waals surface area (Å²) in [5, 5.41) is 7.08. The zero-order valence-electron chi connectivity index (χ0n) is 59.4. The summed E-state index contributed by atoms with van der Waals surface area (Å²) >= 11 is 0. The van der Waals surface area contributed by atoms with Gasteiger partial charge in [0.25, 0.3) is 6.71 Å². The van der Waals surface area contributed by atoms with Crippen LogP contribution in [0.2, 0.25) is 0 Å². The average Bonchev–Trinajstić information content (AvgIpc) is 0.769. The maximum absolute atomic E-state index is 7.65. The second kappa shape index (κ2) is 23.5. The molecule has 0 saturated carbocycles. The van der Waals surface area contributed by atoms with Crippen LogP contribution in [0.3, 0.4) is 0 Å². The van der Waals surface area contributed by atoms with Crippen LogP contribution < -0.4 is 35.7 Å². The Labute approximate surface area is 634 Å². The lowest BCUT2D eigenvalue weighted by atomic mass is 9.33. The second-order valence-electron chi connectivity index (χ2n) is 29.3. The maximum atomic E-state index is 7.65. The minimum atomic E-state index is -0.505. The number of para-hydroxylation sites is 12. The number of nitrogens with zero attached hydrogens (tertiary/aromatic N) is 5. The van der Waals surface area contributed by atoms with Gasteiger partial charge >= 0.3 is 0 Å². The van der Waals surface area contributed by atoms with E-state index in [1.165, 1.54) is 32.3 Å². The third-order valence-electron chi connectivity index (χ3n) is 23.6. The number of hydrogen-bond acceptors (Lipinski definition) is 4. The molecule has 0 spiro atoms. The molecule has 110 heavy (non-hydrogen) atoms. The Morgan fingerprint density at radius 1 is 0.200 bits per heavy atom. The van der Waals surface area contributed by atoms with Crippen LogP contribution in [-0.2, 0) is 0 Å². The highest BCUT2D eigenvalue weighted by Crippen LogP contribution is 2.60. The molecule has 3 aromatic heterocycles. The molecule has 8 heteroatoms. The van der Waals surface area contributed by atoms with Crippen molar-refractivity contribution >= 4 is 123 Å². The van der Waals surface area contributed by atoms with Gasteiger partial charge in [-0.15, -0.1) is 0 Å². The Morgan fingerprint density at radius 3 is 0.800 bits per heavy atom. The predicted octanol–water partition coefficient (Wildman–Crippen LogP) is 25.3. The number of benzene rings is 17. The average molecular weight is 1400 g/mol. The summed E-state index contributed by atoms with van der Waals surface area (Å²) in [4.78, 5) is 5.44. The fraction of sp³-hybridized carbons (Fsp3) is 0.